The number of urea groups is 1. The van der Waals surface area contributed by atoms with Crippen LogP contribution in [0.4, 0.5) is 16.2 Å². The first-order chi connectivity index (χ1) is 14.5. The maximum absolute atomic E-state index is 13.0. The third-order valence-corrected chi connectivity index (χ3v) is 5.76. The number of carbonyl (C=O) groups is 1. The molecule has 3 aromatic rings. The van der Waals surface area contributed by atoms with Gasteiger partial charge in [-0.05, 0) is 37.3 Å². The minimum atomic E-state index is -0.258. The lowest BCUT2D eigenvalue weighted by Crippen LogP contribution is -2.50. The summed E-state index contributed by atoms with van der Waals surface area (Å²) in [5.41, 5.74) is 2.57. The van der Waals surface area contributed by atoms with Crippen LogP contribution >= 0.6 is 11.6 Å². The van der Waals surface area contributed by atoms with Crippen LogP contribution in [0.15, 0.2) is 59.4 Å². The zero-order valence-electron chi connectivity index (χ0n) is 17.0. The standard InChI is InChI=1S/C22H24ClN5O2/c1-16-20(21(29)28(25(16)2)18-8-4-3-5-9-18)24-22(30)27-13-11-26(12-14-27)19-10-6-7-17(23)15-19/h3-10,15H,11-14H2,1-2H3,(H,24,30). The smallest absolute Gasteiger partial charge is 0.322 e. The Bertz CT molecular complexity index is 1110. The fraction of sp³-hybridized carbons (Fsp3) is 0.273. The van der Waals surface area contributed by atoms with E-state index >= 15 is 0 Å². The molecule has 1 N–H and O–H groups in total. The van der Waals surface area contributed by atoms with E-state index in [4.69, 9.17) is 11.6 Å². The summed E-state index contributed by atoms with van der Waals surface area (Å²) >= 11 is 6.09. The summed E-state index contributed by atoms with van der Waals surface area (Å²) in [6.45, 7) is 4.37. The van der Waals surface area contributed by atoms with E-state index in [1.165, 1.54) is 0 Å². The van der Waals surface area contributed by atoms with Crippen molar-refractivity contribution in [1.29, 1.82) is 0 Å². The number of amides is 2. The SMILES string of the molecule is Cc1c(NC(=O)N2CCN(c3cccc(Cl)c3)CC2)c(=O)n(-c2ccccc2)n1C. The summed E-state index contributed by atoms with van der Waals surface area (Å²) in [5.74, 6) is 0. The summed E-state index contributed by atoms with van der Waals surface area (Å²) in [7, 11) is 1.81. The zero-order chi connectivity index (χ0) is 21.3. The number of nitrogens with one attached hydrogen (secondary N) is 1. The summed E-state index contributed by atoms with van der Waals surface area (Å²) in [4.78, 5) is 29.8. The molecule has 2 aromatic carbocycles. The topological polar surface area (TPSA) is 62.5 Å². The quantitative estimate of drug-likeness (QED) is 0.698. The number of aromatic nitrogens is 2. The maximum atomic E-state index is 13.0. The van der Waals surface area contributed by atoms with E-state index in [0.717, 1.165) is 11.4 Å². The Morgan fingerprint density at radius 3 is 2.30 bits per heavy atom. The number of nitrogens with zero attached hydrogens (tertiary/aromatic N) is 4. The van der Waals surface area contributed by atoms with Gasteiger partial charge in [-0.2, -0.15) is 0 Å². The number of carbonyl (C=O) groups excluding carboxylic acids is 1. The van der Waals surface area contributed by atoms with Crippen molar-refractivity contribution in [2.75, 3.05) is 36.4 Å². The molecule has 1 aliphatic heterocycles. The van der Waals surface area contributed by atoms with E-state index in [0.29, 0.717) is 42.6 Å². The molecule has 0 bridgehead atoms. The predicted octanol–water partition coefficient (Wildman–Crippen LogP) is 3.49. The Kier molecular flexibility index (Phi) is 5.55. The molecule has 0 unspecified atom stereocenters. The van der Waals surface area contributed by atoms with E-state index < -0.39 is 0 Å². The second kappa shape index (κ2) is 8.28. The van der Waals surface area contributed by atoms with Gasteiger partial charge in [0, 0.05) is 43.9 Å². The highest BCUT2D eigenvalue weighted by molar-refractivity contribution is 6.30. The largest absolute Gasteiger partial charge is 0.368 e. The molecule has 2 amide bonds. The molecule has 0 radical (unpaired) electrons. The lowest BCUT2D eigenvalue weighted by atomic mass is 10.2. The number of hydrogen-bond acceptors (Lipinski definition) is 3. The molecule has 8 heteroatoms. The highest BCUT2D eigenvalue weighted by Crippen LogP contribution is 2.21. The van der Waals surface area contributed by atoms with Crippen molar-refractivity contribution in [3.05, 3.63) is 75.7 Å². The average molecular weight is 426 g/mol. The van der Waals surface area contributed by atoms with Crippen molar-refractivity contribution >= 4 is 29.0 Å². The number of benzene rings is 2. The fourth-order valence-electron chi connectivity index (χ4n) is 3.74. The van der Waals surface area contributed by atoms with E-state index in [1.807, 2.05) is 68.6 Å². The summed E-state index contributed by atoms with van der Waals surface area (Å²) < 4.78 is 3.31. The summed E-state index contributed by atoms with van der Waals surface area (Å²) in [6.07, 6.45) is 0. The normalized spacial score (nSPS) is 14.1. The van der Waals surface area contributed by atoms with Crippen molar-refractivity contribution in [3.8, 4) is 5.69 Å². The molecule has 0 aliphatic carbocycles. The van der Waals surface area contributed by atoms with Gasteiger partial charge in [0.15, 0.2) is 0 Å². The lowest BCUT2D eigenvalue weighted by Gasteiger charge is -2.36. The number of para-hydroxylation sites is 1. The molecule has 30 heavy (non-hydrogen) atoms. The molecule has 1 aliphatic rings. The highest BCUT2D eigenvalue weighted by Gasteiger charge is 2.24. The van der Waals surface area contributed by atoms with Gasteiger partial charge in [-0.15, -0.1) is 0 Å². The van der Waals surface area contributed by atoms with Crippen LogP contribution in [-0.4, -0.2) is 46.5 Å². The molecule has 2 heterocycles. The van der Waals surface area contributed by atoms with Crippen LogP contribution in [0.1, 0.15) is 5.69 Å². The van der Waals surface area contributed by atoms with Crippen molar-refractivity contribution in [1.82, 2.24) is 14.3 Å². The van der Waals surface area contributed by atoms with Crippen LogP contribution in [0.2, 0.25) is 5.02 Å². The Morgan fingerprint density at radius 2 is 1.63 bits per heavy atom. The molecule has 1 saturated heterocycles. The number of rotatable bonds is 3. The number of hydrogen-bond donors (Lipinski definition) is 1. The van der Waals surface area contributed by atoms with Crippen molar-refractivity contribution in [3.63, 3.8) is 0 Å². The predicted molar refractivity (Wildman–Crippen MR) is 120 cm³/mol. The van der Waals surface area contributed by atoms with E-state index in [9.17, 15) is 9.59 Å². The molecule has 4 rings (SSSR count). The van der Waals surface area contributed by atoms with Gasteiger partial charge in [-0.3, -0.25) is 9.48 Å². The maximum Gasteiger partial charge on any atom is 0.322 e. The highest BCUT2D eigenvalue weighted by atomic mass is 35.5. The first kappa shape index (κ1) is 20.1. The summed E-state index contributed by atoms with van der Waals surface area (Å²) in [5, 5.41) is 3.53. The third-order valence-electron chi connectivity index (χ3n) is 5.53. The van der Waals surface area contributed by atoms with Crippen LogP contribution < -0.4 is 15.8 Å². The van der Waals surface area contributed by atoms with E-state index in [1.54, 1.807) is 14.3 Å². The Labute approximate surface area is 180 Å². The molecular weight excluding hydrogens is 402 g/mol. The molecule has 156 valence electrons. The van der Waals surface area contributed by atoms with Crippen LogP contribution in [0.25, 0.3) is 5.69 Å². The van der Waals surface area contributed by atoms with Crippen LogP contribution in [0.5, 0.6) is 0 Å². The van der Waals surface area contributed by atoms with Crippen molar-refractivity contribution < 1.29 is 4.79 Å². The van der Waals surface area contributed by atoms with E-state index in [-0.39, 0.29) is 11.6 Å². The lowest BCUT2D eigenvalue weighted by molar-refractivity contribution is 0.208. The monoisotopic (exact) mass is 425 g/mol. The Morgan fingerprint density at radius 1 is 0.967 bits per heavy atom. The molecule has 7 nitrogen and oxygen atoms in total. The Hall–Kier alpha value is -3.19. The van der Waals surface area contributed by atoms with Crippen LogP contribution in [0, 0.1) is 6.92 Å². The molecular formula is C22H24ClN5O2. The molecule has 0 spiro atoms. The van der Waals surface area contributed by atoms with Crippen molar-refractivity contribution in [2.45, 2.75) is 6.92 Å². The minimum Gasteiger partial charge on any atom is -0.368 e. The zero-order valence-corrected chi connectivity index (χ0v) is 17.8. The second-order valence-corrected chi connectivity index (χ2v) is 7.76. The molecule has 0 saturated carbocycles. The number of halogens is 1. The first-order valence-electron chi connectivity index (χ1n) is 9.86. The van der Waals surface area contributed by atoms with Gasteiger partial charge in [0.05, 0.1) is 11.4 Å². The second-order valence-electron chi connectivity index (χ2n) is 7.32. The van der Waals surface area contributed by atoms with Crippen LogP contribution in [0.3, 0.4) is 0 Å². The van der Waals surface area contributed by atoms with Gasteiger partial charge in [0.25, 0.3) is 5.56 Å². The number of piperazine rings is 1. The minimum absolute atomic E-state index is 0.243. The number of anilines is 2. The van der Waals surface area contributed by atoms with Gasteiger partial charge < -0.3 is 15.1 Å². The Balaban J connectivity index is 1.47. The van der Waals surface area contributed by atoms with Gasteiger partial charge in [-0.25, -0.2) is 9.48 Å². The fourth-order valence-corrected chi connectivity index (χ4v) is 3.92. The first-order valence-corrected chi connectivity index (χ1v) is 10.2. The molecule has 1 fully saturated rings. The van der Waals surface area contributed by atoms with E-state index in [2.05, 4.69) is 10.2 Å². The third kappa shape index (κ3) is 3.80. The van der Waals surface area contributed by atoms with Crippen molar-refractivity contribution in [2.24, 2.45) is 7.05 Å². The average Bonchev–Trinajstić information content (AvgIpc) is 2.97. The van der Waals surface area contributed by atoms with Gasteiger partial charge in [-0.1, -0.05) is 35.9 Å². The molecule has 1 aromatic heterocycles. The van der Waals surface area contributed by atoms with Gasteiger partial charge in [0.1, 0.15) is 5.69 Å². The van der Waals surface area contributed by atoms with Crippen LogP contribution in [-0.2, 0) is 7.05 Å². The van der Waals surface area contributed by atoms with Gasteiger partial charge in [0.2, 0.25) is 0 Å². The molecule has 0 atom stereocenters. The summed E-state index contributed by atoms with van der Waals surface area (Å²) in [6, 6.07) is 16.8. The van der Waals surface area contributed by atoms with Gasteiger partial charge >= 0.3 is 6.03 Å².